The summed E-state index contributed by atoms with van der Waals surface area (Å²) in [6.45, 7) is 2.07. The molecule has 0 fully saturated rings. The second-order valence-electron chi connectivity index (χ2n) is 4.56. The maximum atomic E-state index is 12.2. The Morgan fingerprint density at radius 2 is 1.90 bits per heavy atom. The summed E-state index contributed by atoms with van der Waals surface area (Å²) in [6.07, 6.45) is 1.84. The standard InChI is InChI=1S/C16H17NO3/c1-2-5-11-6-3-4-7-14(11)17-16(20)13-10-12(18)8-9-15(13)19/h3-4,6-10,18-19H,2,5H2,1H3,(H,17,20). The van der Waals surface area contributed by atoms with Gasteiger partial charge in [0.15, 0.2) is 0 Å². The van der Waals surface area contributed by atoms with Crippen molar-refractivity contribution < 1.29 is 15.0 Å². The molecule has 2 rings (SSSR count). The highest BCUT2D eigenvalue weighted by molar-refractivity contribution is 6.06. The maximum Gasteiger partial charge on any atom is 0.259 e. The molecule has 0 saturated heterocycles. The summed E-state index contributed by atoms with van der Waals surface area (Å²) >= 11 is 0. The van der Waals surface area contributed by atoms with E-state index < -0.39 is 5.91 Å². The van der Waals surface area contributed by atoms with Crippen molar-refractivity contribution in [3.8, 4) is 11.5 Å². The Balaban J connectivity index is 2.26. The van der Waals surface area contributed by atoms with Crippen LogP contribution in [0.1, 0.15) is 29.3 Å². The third-order valence-corrected chi connectivity index (χ3v) is 3.01. The van der Waals surface area contributed by atoms with Gasteiger partial charge in [0.1, 0.15) is 11.5 Å². The van der Waals surface area contributed by atoms with Gasteiger partial charge >= 0.3 is 0 Å². The second kappa shape index (κ2) is 6.10. The highest BCUT2D eigenvalue weighted by Gasteiger charge is 2.13. The minimum absolute atomic E-state index is 0.0521. The molecule has 0 radical (unpaired) electrons. The number of phenolic OH excluding ortho intramolecular Hbond substituents is 2. The molecule has 0 spiro atoms. The van der Waals surface area contributed by atoms with Gasteiger partial charge in [0, 0.05) is 5.69 Å². The monoisotopic (exact) mass is 271 g/mol. The van der Waals surface area contributed by atoms with Crippen LogP contribution in [0.15, 0.2) is 42.5 Å². The summed E-state index contributed by atoms with van der Waals surface area (Å²) in [7, 11) is 0. The van der Waals surface area contributed by atoms with Crippen LogP contribution < -0.4 is 5.32 Å². The number of amides is 1. The molecule has 0 aromatic heterocycles. The number of carbonyl (C=O) groups excluding carboxylic acids is 1. The molecule has 3 N–H and O–H groups in total. The van der Waals surface area contributed by atoms with Gasteiger partial charge in [0.2, 0.25) is 0 Å². The predicted molar refractivity (Wildman–Crippen MR) is 78.2 cm³/mol. The third-order valence-electron chi connectivity index (χ3n) is 3.01. The number of anilines is 1. The smallest absolute Gasteiger partial charge is 0.259 e. The first-order chi connectivity index (χ1) is 9.61. The Hall–Kier alpha value is -2.49. The van der Waals surface area contributed by atoms with Crippen molar-refractivity contribution >= 4 is 11.6 Å². The molecule has 0 aliphatic carbocycles. The van der Waals surface area contributed by atoms with Crippen LogP contribution in [0.2, 0.25) is 0 Å². The van der Waals surface area contributed by atoms with Crippen molar-refractivity contribution in [3.63, 3.8) is 0 Å². The van der Waals surface area contributed by atoms with Gasteiger partial charge in [-0.05, 0) is 36.2 Å². The Morgan fingerprint density at radius 1 is 1.15 bits per heavy atom. The molecule has 104 valence electrons. The summed E-state index contributed by atoms with van der Waals surface area (Å²) in [5.41, 5.74) is 1.82. The van der Waals surface area contributed by atoms with Gasteiger partial charge in [-0.3, -0.25) is 4.79 Å². The van der Waals surface area contributed by atoms with E-state index in [1.807, 2.05) is 24.3 Å². The Morgan fingerprint density at radius 3 is 2.65 bits per heavy atom. The van der Waals surface area contributed by atoms with Gasteiger partial charge in [-0.1, -0.05) is 31.5 Å². The zero-order valence-corrected chi connectivity index (χ0v) is 11.3. The summed E-state index contributed by atoms with van der Waals surface area (Å²) in [5, 5.41) is 21.9. The lowest BCUT2D eigenvalue weighted by Crippen LogP contribution is -2.13. The number of rotatable bonds is 4. The molecule has 20 heavy (non-hydrogen) atoms. The molecule has 0 unspecified atom stereocenters. The molecule has 0 atom stereocenters. The number of nitrogens with one attached hydrogen (secondary N) is 1. The minimum atomic E-state index is -0.443. The van der Waals surface area contributed by atoms with Crippen LogP contribution in [0.25, 0.3) is 0 Å². The first-order valence-corrected chi connectivity index (χ1v) is 6.53. The van der Waals surface area contributed by atoms with Crippen molar-refractivity contribution in [2.45, 2.75) is 19.8 Å². The van der Waals surface area contributed by atoms with E-state index in [-0.39, 0.29) is 17.1 Å². The summed E-state index contributed by atoms with van der Waals surface area (Å²) in [6, 6.07) is 11.4. The fourth-order valence-corrected chi connectivity index (χ4v) is 2.03. The van der Waals surface area contributed by atoms with Gasteiger partial charge in [-0.25, -0.2) is 0 Å². The number of hydrogen-bond donors (Lipinski definition) is 3. The largest absolute Gasteiger partial charge is 0.508 e. The van der Waals surface area contributed by atoms with Gasteiger partial charge in [-0.15, -0.1) is 0 Å². The van der Waals surface area contributed by atoms with Gasteiger partial charge in [0.25, 0.3) is 5.91 Å². The molecule has 4 nitrogen and oxygen atoms in total. The fourth-order valence-electron chi connectivity index (χ4n) is 2.03. The molecule has 2 aromatic rings. The SMILES string of the molecule is CCCc1ccccc1NC(=O)c1cc(O)ccc1O. The predicted octanol–water partition coefficient (Wildman–Crippen LogP) is 3.30. The Kier molecular flexibility index (Phi) is 4.25. The van der Waals surface area contributed by atoms with E-state index in [1.165, 1.54) is 18.2 Å². The average molecular weight is 271 g/mol. The van der Waals surface area contributed by atoms with E-state index in [9.17, 15) is 15.0 Å². The number of carbonyl (C=O) groups is 1. The van der Waals surface area contributed by atoms with Crippen molar-refractivity contribution in [1.82, 2.24) is 0 Å². The third kappa shape index (κ3) is 3.09. The zero-order chi connectivity index (χ0) is 14.5. The molecule has 4 heteroatoms. The molecule has 0 saturated carbocycles. The van der Waals surface area contributed by atoms with Gasteiger partial charge < -0.3 is 15.5 Å². The highest BCUT2D eigenvalue weighted by atomic mass is 16.3. The lowest BCUT2D eigenvalue weighted by Gasteiger charge is -2.11. The Bertz CT molecular complexity index is 623. The quantitative estimate of drug-likeness (QED) is 0.747. The molecular weight excluding hydrogens is 254 g/mol. The van der Waals surface area contributed by atoms with Crippen molar-refractivity contribution in [3.05, 3.63) is 53.6 Å². The van der Waals surface area contributed by atoms with Crippen molar-refractivity contribution in [1.29, 1.82) is 0 Å². The number of phenols is 2. The van der Waals surface area contributed by atoms with E-state index in [0.717, 1.165) is 24.1 Å². The summed E-state index contributed by atoms with van der Waals surface area (Å²) in [4.78, 5) is 12.2. The van der Waals surface area contributed by atoms with Crippen LogP contribution in [-0.4, -0.2) is 16.1 Å². The van der Waals surface area contributed by atoms with E-state index in [2.05, 4.69) is 12.2 Å². The Labute approximate surface area is 117 Å². The summed E-state index contributed by atoms with van der Waals surface area (Å²) in [5.74, 6) is -0.662. The van der Waals surface area contributed by atoms with E-state index in [0.29, 0.717) is 0 Å². The zero-order valence-electron chi connectivity index (χ0n) is 11.3. The molecule has 1 amide bonds. The molecule has 0 aliphatic rings. The first kappa shape index (κ1) is 13.9. The first-order valence-electron chi connectivity index (χ1n) is 6.53. The van der Waals surface area contributed by atoms with Crippen molar-refractivity contribution in [2.24, 2.45) is 0 Å². The number of benzene rings is 2. The summed E-state index contributed by atoms with van der Waals surface area (Å²) < 4.78 is 0. The number of para-hydroxylation sites is 1. The van der Waals surface area contributed by atoms with Crippen LogP contribution in [0.5, 0.6) is 11.5 Å². The molecular formula is C16H17NO3. The number of aromatic hydroxyl groups is 2. The van der Waals surface area contributed by atoms with E-state index >= 15 is 0 Å². The van der Waals surface area contributed by atoms with E-state index in [4.69, 9.17) is 0 Å². The van der Waals surface area contributed by atoms with Gasteiger partial charge in [0.05, 0.1) is 5.56 Å². The lowest BCUT2D eigenvalue weighted by molar-refractivity contribution is 0.102. The van der Waals surface area contributed by atoms with Crippen LogP contribution in [0.4, 0.5) is 5.69 Å². The van der Waals surface area contributed by atoms with Crippen LogP contribution >= 0.6 is 0 Å². The molecule has 0 aliphatic heterocycles. The normalized spacial score (nSPS) is 10.2. The molecule has 0 heterocycles. The molecule has 2 aromatic carbocycles. The number of hydrogen-bond acceptors (Lipinski definition) is 3. The van der Waals surface area contributed by atoms with Crippen molar-refractivity contribution in [2.75, 3.05) is 5.32 Å². The van der Waals surface area contributed by atoms with E-state index in [1.54, 1.807) is 0 Å². The van der Waals surface area contributed by atoms with Gasteiger partial charge in [-0.2, -0.15) is 0 Å². The highest BCUT2D eigenvalue weighted by Crippen LogP contribution is 2.24. The molecule has 0 bridgehead atoms. The minimum Gasteiger partial charge on any atom is -0.508 e. The average Bonchev–Trinajstić information content (AvgIpc) is 2.44. The fraction of sp³-hybridized carbons (Fsp3) is 0.188. The van der Waals surface area contributed by atoms with Crippen LogP contribution in [-0.2, 0) is 6.42 Å². The van der Waals surface area contributed by atoms with Crippen LogP contribution in [0, 0.1) is 0 Å². The topological polar surface area (TPSA) is 69.6 Å². The number of aryl methyl sites for hydroxylation is 1. The lowest BCUT2D eigenvalue weighted by atomic mass is 10.1. The van der Waals surface area contributed by atoms with Crippen LogP contribution in [0.3, 0.4) is 0 Å². The second-order valence-corrected chi connectivity index (χ2v) is 4.56. The maximum absolute atomic E-state index is 12.2.